The summed E-state index contributed by atoms with van der Waals surface area (Å²) in [4.78, 5) is 0. The van der Waals surface area contributed by atoms with Crippen molar-refractivity contribution in [2.24, 2.45) is 17.8 Å². The number of para-hydroxylation sites is 1. The minimum absolute atomic E-state index is 0.785. The van der Waals surface area contributed by atoms with Crippen LogP contribution in [0.2, 0.25) is 0 Å². The highest BCUT2D eigenvalue weighted by atomic mass is 16.5. The maximum absolute atomic E-state index is 5.72. The van der Waals surface area contributed by atoms with Gasteiger partial charge in [0.15, 0.2) is 0 Å². The number of fused-ring (bicyclic) bond motifs is 1. The van der Waals surface area contributed by atoms with Gasteiger partial charge in [0.1, 0.15) is 5.75 Å². The van der Waals surface area contributed by atoms with Crippen molar-refractivity contribution in [3.05, 3.63) is 30.3 Å². The average molecular weight is 188 g/mol. The van der Waals surface area contributed by atoms with Gasteiger partial charge in [0, 0.05) is 19.0 Å². The second kappa shape index (κ2) is 3.28. The van der Waals surface area contributed by atoms with E-state index in [9.17, 15) is 0 Å². The van der Waals surface area contributed by atoms with Crippen LogP contribution < -0.4 is 10.1 Å². The van der Waals surface area contributed by atoms with E-state index in [1.807, 2.05) is 30.3 Å². The molecule has 0 spiro atoms. The van der Waals surface area contributed by atoms with Crippen molar-refractivity contribution >= 4 is 0 Å². The first-order chi connectivity index (χ1) is 6.95. The molecule has 0 aromatic heterocycles. The van der Waals surface area contributed by atoms with Crippen LogP contribution in [0.4, 0.5) is 0 Å². The molecular formula is C12H14NO. The molecule has 1 aromatic carbocycles. The van der Waals surface area contributed by atoms with Gasteiger partial charge in [-0.25, -0.2) is 5.32 Å². The molecule has 3 rings (SSSR count). The van der Waals surface area contributed by atoms with Crippen LogP contribution in [0.1, 0.15) is 0 Å². The number of ether oxygens (including phenoxy) is 1. The SMILES string of the molecule is c1ccc(OC[C@@H]2[C@@H]3C[N]C[C@@H]32)cc1. The molecule has 1 radical (unpaired) electrons. The van der Waals surface area contributed by atoms with Gasteiger partial charge in [0.2, 0.25) is 0 Å². The lowest BCUT2D eigenvalue weighted by atomic mass is 10.3. The molecule has 0 N–H and O–H groups in total. The van der Waals surface area contributed by atoms with Crippen molar-refractivity contribution in [2.75, 3.05) is 19.7 Å². The molecule has 1 heterocycles. The minimum atomic E-state index is 0.785. The van der Waals surface area contributed by atoms with Gasteiger partial charge in [-0.2, -0.15) is 0 Å². The maximum Gasteiger partial charge on any atom is 0.119 e. The molecule has 0 amide bonds. The van der Waals surface area contributed by atoms with E-state index in [2.05, 4.69) is 5.32 Å². The third kappa shape index (κ3) is 1.40. The summed E-state index contributed by atoms with van der Waals surface area (Å²) in [5, 5.41) is 4.36. The van der Waals surface area contributed by atoms with Crippen molar-refractivity contribution in [2.45, 2.75) is 0 Å². The number of nitrogens with zero attached hydrogens (tertiary/aromatic N) is 1. The summed E-state index contributed by atoms with van der Waals surface area (Å²) < 4.78 is 5.72. The Morgan fingerprint density at radius 3 is 2.57 bits per heavy atom. The maximum atomic E-state index is 5.72. The Kier molecular flexibility index (Phi) is 1.95. The first kappa shape index (κ1) is 8.30. The van der Waals surface area contributed by atoms with Crippen LogP contribution in [-0.4, -0.2) is 19.7 Å². The van der Waals surface area contributed by atoms with E-state index in [0.29, 0.717) is 0 Å². The summed E-state index contributed by atoms with van der Waals surface area (Å²) in [6, 6.07) is 10.1. The molecule has 1 aromatic rings. The molecule has 1 saturated carbocycles. The highest BCUT2D eigenvalue weighted by Gasteiger charge is 2.53. The van der Waals surface area contributed by atoms with E-state index < -0.39 is 0 Å². The average Bonchev–Trinajstić information content (AvgIpc) is 2.69. The van der Waals surface area contributed by atoms with Crippen LogP contribution in [0.5, 0.6) is 5.75 Å². The first-order valence-corrected chi connectivity index (χ1v) is 5.26. The van der Waals surface area contributed by atoms with Crippen LogP contribution in [0.3, 0.4) is 0 Å². The van der Waals surface area contributed by atoms with E-state index in [4.69, 9.17) is 4.74 Å². The summed E-state index contributed by atoms with van der Waals surface area (Å²) in [5.41, 5.74) is 0. The largest absolute Gasteiger partial charge is 0.493 e. The van der Waals surface area contributed by atoms with Gasteiger partial charge in [-0.3, -0.25) is 0 Å². The molecule has 2 aliphatic rings. The van der Waals surface area contributed by atoms with Gasteiger partial charge in [0.05, 0.1) is 6.61 Å². The molecular weight excluding hydrogens is 174 g/mol. The Balaban J connectivity index is 1.52. The molecule has 1 aliphatic heterocycles. The topological polar surface area (TPSA) is 23.3 Å². The first-order valence-electron chi connectivity index (χ1n) is 5.26. The molecule has 3 atom stereocenters. The lowest BCUT2D eigenvalue weighted by Crippen LogP contribution is -2.12. The van der Waals surface area contributed by atoms with Crippen LogP contribution in [0, 0.1) is 17.8 Å². The number of hydrogen-bond donors (Lipinski definition) is 0. The van der Waals surface area contributed by atoms with Crippen LogP contribution >= 0.6 is 0 Å². The van der Waals surface area contributed by atoms with E-state index in [1.54, 1.807) is 0 Å². The highest BCUT2D eigenvalue weighted by molar-refractivity contribution is 5.21. The summed E-state index contributed by atoms with van der Waals surface area (Å²) in [7, 11) is 0. The van der Waals surface area contributed by atoms with Gasteiger partial charge in [-0.1, -0.05) is 18.2 Å². The number of rotatable bonds is 3. The van der Waals surface area contributed by atoms with Crippen molar-refractivity contribution in [3.63, 3.8) is 0 Å². The van der Waals surface area contributed by atoms with Gasteiger partial charge < -0.3 is 4.74 Å². The molecule has 1 saturated heterocycles. The fraction of sp³-hybridized carbons (Fsp3) is 0.500. The Morgan fingerprint density at radius 1 is 1.14 bits per heavy atom. The monoisotopic (exact) mass is 188 g/mol. The summed E-state index contributed by atoms with van der Waals surface area (Å²) in [5.74, 6) is 3.47. The summed E-state index contributed by atoms with van der Waals surface area (Å²) >= 11 is 0. The van der Waals surface area contributed by atoms with E-state index in [1.165, 1.54) is 0 Å². The molecule has 2 heteroatoms. The van der Waals surface area contributed by atoms with E-state index >= 15 is 0 Å². The molecule has 73 valence electrons. The van der Waals surface area contributed by atoms with Gasteiger partial charge >= 0.3 is 0 Å². The van der Waals surface area contributed by atoms with Crippen molar-refractivity contribution in [1.82, 2.24) is 5.32 Å². The van der Waals surface area contributed by atoms with Crippen LogP contribution in [0.15, 0.2) is 30.3 Å². The van der Waals surface area contributed by atoms with Crippen molar-refractivity contribution in [1.29, 1.82) is 0 Å². The van der Waals surface area contributed by atoms with Crippen molar-refractivity contribution < 1.29 is 4.74 Å². The molecule has 1 aliphatic carbocycles. The molecule has 2 fully saturated rings. The Labute approximate surface area is 84.3 Å². The summed E-state index contributed by atoms with van der Waals surface area (Å²) in [6.07, 6.45) is 0. The fourth-order valence-electron chi connectivity index (χ4n) is 2.39. The summed E-state index contributed by atoms with van der Waals surface area (Å²) in [6.45, 7) is 3.04. The fourth-order valence-corrected chi connectivity index (χ4v) is 2.39. The van der Waals surface area contributed by atoms with Gasteiger partial charge in [-0.15, -0.1) is 0 Å². The van der Waals surface area contributed by atoms with Gasteiger partial charge in [-0.05, 0) is 24.0 Å². The molecule has 0 bridgehead atoms. The lowest BCUT2D eigenvalue weighted by Gasteiger charge is -2.06. The smallest absolute Gasteiger partial charge is 0.119 e. The van der Waals surface area contributed by atoms with Crippen LogP contribution in [-0.2, 0) is 0 Å². The zero-order chi connectivity index (χ0) is 9.38. The number of benzene rings is 1. The second-order valence-corrected chi connectivity index (χ2v) is 4.20. The Bertz CT molecular complexity index is 301. The number of hydrogen-bond acceptors (Lipinski definition) is 1. The van der Waals surface area contributed by atoms with Crippen molar-refractivity contribution in [3.8, 4) is 5.75 Å². The quantitative estimate of drug-likeness (QED) is 0.705. The Hall–Kier alpha value is -1.02. The minimum Gasteiger partial charge on any atom is -0.493 e. The zero-order valence-corrected chi connectivity index (χ0v) is 8.10. The Morgan fingerprint density at radius 2 is 1.86 bits per heavy atom. The predicted octanol–water partition coefficient (Wildman–Crippen LogP) is 1.55. The third-order valence-corrected chi connectivity index (χ3v) is 3.37. The highest BCUT2D eigenvalue weighted by Crippen LogP contribution is 2.49. The standard InChI is InChI=1S/C12H14NO/c1-2-4-9(5-3-1)14-8-12-10-6-13-7-11(10)12/h1-5,10-12H,6-8H2/t10-,11+,12-. The normalized spacial score (nSPS) is 33.9. The molecule has 2 nitrogen and oxygen atoms in total. The molecule has 0 unspecified atom stereocenters. The third-order valence-electron chi connectivity index (χ3n) is 3.37. The second-order valence-electron chi connectivity index (χ2n) is 4.20. The lowest BCUT2D eigenvalue weighted by molar-refractivity contribution is 0.280. The molecule has 14 heavy (non-hydrogen) atoms. The van der Waals surface area contributed by atoms with Gasteiger partial charge in [0.25, 0.3) is 0 Å². The van der Waals surface area contributed by atoms with E-state index in [0.717, 1.165) is 43.2 Å². The van der Waals surface area contributed by atoms with Crippen LogP contribution in [0.25, 0.3) is 0 Å². The zero-order valence-electron chi connectivity index (χ0n) is 8.10. The van der Waals surface area contributed by atoms with E-state index in [-0.39, 0.29) is 0 Å². The predicted molar refractivity (Wildman–Crippen MR) is 54.3 cm³/mol. The number of piperidine rings is 1.